The fraction of sp³-hybridized carbons (Fsp3) is 0.312. The van der Waals surface area contributed by atoms with Gasteiger partial charge in [0.1, 0.15) is 6.54 Å². The van der Waals surface area contributed by atoms with Gasteiger partial charge in [0, 0.05) is 6.20 Å². The molecule has 0 radical (unpaired) electrons. The highest BCUT2D eigenvalue weighted by Gasteiger charge is 2.12. The van der Waals surface area contributed by atoms with E-state index >= 15 is 0 Å². The molecular weight excluding hydrogens is 282 g/mol. The van der Waals surface area contributed by atoms with Crippen molar-refractivity contribution >= 4 is 17.6 Å². The number of fused-ring (bicyclic) bond motifs is 1. The van der Waals surface area contributed by atoms with E-state index in [0.29, 0.717) is 12.1 Å². The molecule has 0 saturated heterocycles. The number of nitrogens with zero attached hydrogens (tertiary/aromatic N) is 2. The molecule has 1 aromatic heterocycles. The first-order valence-corrected chi connectivity index (χ1v) is 7.25. The molecule has 1 aliphatic rings. The van der Waals surface area contributed by atoms with Crippen molar-refractivity contribution in [1.82, 2.24) is 9.78 Å². The lowest BCUT2D eigenvalue weighted by molar-refractivity contribution is -0.137. The van der Waals surface area contributed by atoms with Crippen molar-refractivity contribution in [2.24, 2.45) is 0 Å². The number of rotatable bonds is 5. The van der Waals surface area contributed by atoms with Crippen molar-refractivity contribution in [3.63, 3.8) is 0 Å². The van der Waals surface area contributed by atoms with Gasteiger partial charge >= 0.3 is 5.97 Å². The molecule has 0 spiro atoms. The van der Waals surface area contributed by atoms with Crippen LogP contribution in [0.15, 0.2) is 30.6 Å². The molecule has 1 heterocycles. The zero-order valence-corrected chi connectivity index (χ0v) is 12.1. The van der Waals surface area contributed by atoms with Crippen LogP contribution in [0.2, 0.25) is 0 Å². The third-order valence-corrected chi connectivity index (χ3v) is 3.74. The Labute approximate surface area is 127 Å². The van der Waals surface area contributed by atoms with E-state index < -0.39 is 5.97 Å². The number of anilines is 1. The van der Waals surface area contributed by atoms with Gasteiger partial charge in [0.25, 0.3) is 0 Å². The van der Waals surface area contributed by atoms with Gasteiger partial charge in [0.05, 0.1) is 18.3 Å². The minimum Gasteiger partial charge on any atom is -0.480 e. The largest absolute Gasteiger partial charge is 0.480 e. The molecule has 0 bridgehead atoms. The van der Waals surface area contributed by atoms with Gasteiger partial charge in [-0.15, -0.1) is 0 Å². The molecule has 0 fully saturated rings. The third kappa shape index (κ3) is 3.33. The van der Waals surface area contributed by atoms with E-state index in [-0.39, 0.29) is 12.5 Å². The second-order valence-corrected chi connectivity index (χ2v) is 5.50. The van der Waals surface area contributed by atoms with E-state index in [0.717, 1.165) is 18.4 Å². The topological polar surface area (TPSA) is 84.2 Å². The van der Waals surface area contributed by atoms with E-state index in [1.807, 2.05) is 6.07 Å². The zero-order chi connectivity index (χ0) is 15.5. The highest BCUT2D eigenvalue weighted by atomic mass is 16.4. The highest BCUT2D eigenvalue weighted by molar-refractivity contribution is 5.92. The number of nitrogens with one attached hydrogen (secondary N) is 1. The van der Waals surface area contributed by atoms with Crippen LogP contribution in [-0.4, -0.2) is 26.8 Å². The van der Waals surface area contributed by atoms with Crippen molar-refractivity contribution < 1.29 is 14.7 Å². The second-order valence-electron chi connectivity index (χ2n) is 5.50. The average Bonchev–Trinajstić information content (AvgIpc) is 3.06. The Morgan fingerprint density at radius 2 is 2.09 bits per heavy atom. The number of carbonyl (C=O) groups excluding carboxylic acids is 1. The predicted octanol–water partition coefficient (Wildman–Crippen LogP) is 1.64. The summed E-state index contributed by atoms with van der Waals surface area (Å²) in [5.74, 6) is -1.10. The van der Waals surface area contributed by atoms with E-state index in [1.165, 1.54) is 34.6 Å². The minimum absolute atomic E-state index is 0.132. The van der Waals surface area contributed by atoms with Crippen LogP contribution in [0, 0.1) is 0 Å². The zero-order valence-electron chi connectivity index (χ0n) is 12.1. The van der Waals surface area contributed by atoms with Gasteiger partial charge in [-0.3, -0.25) is 14.3 Å². The van der Waals surface area contributed by atoms with Gasteiger partial charge in [-0.1, -0.05) is 18.2 Å². The van der Waals surface area contributed by atoms with Crippen molar-refractivity contribution in [3.8, 4) is 0 Å². The Kier molecular flexibility index (Phi) is 3.91. The standard InChI is InChI=1S/C16H17N3O3/c20-15(18-14-8-17-19(9-14)10-16(21)22)7-11-4-5-12-2-1-3-13(12)6-11/h4-6,8-9H,1-3,7,10H2,(H,18,20)(H,21,22). The quantitative estimate of drug-likeness (QED) is 0.879. The number of aromatic nitrogens is 2. The second kappa shape index (κ2) is 6.01. The van der Waals surface area contributed by atoms with Crippen LogP contribution >= 0.6 is 0 Å². The summed E-state index contributed by atoms with van der Waals surface area (Å²) in [6.45, 7) is -0.222. The van der Waals surface area contributed by atoms with Crippen LogP contribution in [0.25, 0.3) is 0 Å². The van der Waals surface area contributed by atoms with Gasteiger partial charge in [-0.05, 0) is 36.0 Å². The minimum atomic E-state index is -0.973. The number of carbonyl (C=O) groups is 2. The van der Waals surface area contributed by atoms with E-state index in [4.69, 9.17) is 5.11 Å². The molecule has 0 atom stereocenters. The lowest BCUT2D eigenvalue weighted by atomic mass is 10.0. The number of carboxylic acid groups (broad SMARTS) is 1. The maximum Gasteiger partial charge on any atom is 0.325 e. The maximum absolute atomic E-state index is 12.0. The molecule has 114 valence electrons. The summed E-state index contributed by atoms with van der Waals surface area (Å²) in [5, 5.41) is 15.3. The summed E-state index contributed by atoms with van der Waals surface area (Å²) in [5.41, 5.74) is 4.24. The average molecular weight is 299 g/mol. The Balaban J connectivity index is 1.60. The first-order valence-electron chi connectivity index (χ1n) is 7.25. The molecule has 2 N–H and O–H groups in total. The lowest BCUT2D eigenvalue weighted by Gasteiger charge is -2.05. The van der Waals surface area contributed by atoms with Gasteiger partial charge in [-0.2, -0.15) is 5.10 Å². The summed E-state index contributed by atoms with van der Waals surface area (Å²) in [6.07, 6.45) is 6.67. The molecule has 1 aliphatic carbocycles. The number of hydrogen-bond acceptors (Lipinski definition) is 3. The lowest BCUT2D eigenvalue weighted by Crippen LogP contribution is -2.14. The Morgan fingerprint density at radius 1 is 1.27 bits per heavy atom. The molecule has 6 nitrogen and oxygen atoms in total. The van der Waals surface area contributed by atoms with E-state index in [1.54, 1.807) is 0 Å². The van der Waals surface area contributed by atoms with Crippen LogP contribution < -0.4 is 5.32 Å². The Hall–Kier alpha value is -2.63. The molecular formula is C16H17N3O3. The van der Waals surface area contributed by atoms with Gasteiger partial charge < -0.3 is 10.4 Å². The molecule has 22 heavy (non-hydrogen) atoms. The fourth-order valence-corrected chi connectivity index (χ4v) is 2.78. The molecule has 1 aromatic carbocycles. The van der Waals surface area contributed by atoms with Crippen LogP contribution in [0.5, 0.6) is 0 Å². The predicted molar refractivity (Wildman–Crippen MR) is 80.7 cm³/mol. The maximum atomic E-state index is 12.0. The van der Waals surface area contributed by atoms with E-state index in [2.05, 4.69) is 22.5 Å². The molecule has 3 rings (SSSR count). The monoisotopic (exact) mass is 299 g/mol. The van der Waals surface area contributed by atoms with Crippen LogP contribution in [-0.2, 0) is 35.4 Å². The molecule has 2 aromatic rings. The third-order valence-electron chi connectivity index (χ3n) is 3.74. The highest BCUT2D eigenvalue weighted by Crippen LogP contribution is 2.23. The Bertz CT molecular complexity index is 721. The summed E-state index contributed by atoms with van der Waals surface area (Å²) >= 11 is 0. The van der Waals surface area contributed by atoms with Crippen molar-refractivity contribution in [2.45, 2.75) is 32.2 Å². The van der Waals surface area contributed by atoms with E-state index in [9.17, 15) is 9.59 Å². The Morgan fingerprint density at radius 3 is 2.91 bits per heavy atom. The SMILES string of the molecule is O=C(O)Cn1cc(NC(=O)Cc2ccc3c(c2)CCC3)cn1. The summed E-state index contributed by atoms with van der Waals surface area (Å²) in [6, 6.07) is 6.21. The van der Waals surface area contributed by atoms with Crippen LogP contribution in [0.1, 0.15) is 23.1 Å². The molecule has 0 aliphatic heterocycles. The fourth-order valence-electron chi connectivity index (χ4n) is 2.78. The van der Waals surface area contributed by atoms with Crippen molar-refractivity contribution in [1.29, 1.82) is 0 Å². The van der Waals surface area contributed by atoms with Gasteiger partial charge in [-0.25, -0.2) is 0 Å². The number of aliphatic carboxylic acids is 1. The van der Waals surface area contributed by atoms with Crippen LogP contribution in [0.4, 0.5) is 5.69 Å². The smallest absolute Gasteiger partial charge is 0.325 e. The first-order chi connectivity index (χ1) is 10.6. The summed E-state index contributed by atoms with van der Waals surface area (Å²) in [7, 11) is 0. The number of hydrogen-bond donors (Lipinski definition) is 2. The number of amides is 1. The molecule has 1 amide bonds. The summed E-state index contributed by atoms with van der Waals surface area (Å²) in [4.78, 5) is 22.6. The number of aryl methyl sites for hydroxylation is 2. The first kappa shape index (κ1) is 14.3. The van der Waals surface area contributed by atoms with Gasteiger partial charge in [0.2, 0.25) is 5.91 Å². The van der Waals surface area contributed by atoms with Crippen molar-refractivity contribution in [2.75, 3.05) is 5.32 Å². The summed E-state index contributed by atoms with van der Waals surface area (Å²) < 4.78 is 1.27. The van der Waals surface area contributed by atoms with Crippen molar-refractivity contribution in [3.05, 3.63) is 47.3 Å². The molecule has 0 unspecified atom stereocenters. The number of carboxylic acids is 1. The molecule has 6 heteroatoms. The number of benzene rings is 1. The van der Waals surface area contributed by atoms with Gasteiger partial charge in [0.15, 0.2) is 0 Å². The molecule has 0 saturated carbocycles. The van der Waals surface area contributed by atoms with Crippen LogP contribution in [0.3, 0.4) is 0 Å². The normalized spacial score (nSPS) is 12.9.